The number of aromatic hydroxyl groups is 1. The Morgan fingerprint density at radius 2 is 1.60 bits per heavy atom. The molecular weight excluding hydrogens is 602 g/mol. The Morgan fingerprint density at radius 3 is 2.29 bits per heavy atom. The van der Waals surface area contributed by atoms with Gasteiger partial charge in [0, 0.05) is 11.5 Å². The molecule has 10 heteroatoms. The number of phenols is 1. The summed E-state index contributed by atoms with van der Waals surface area (Å²) in [6.45, 7) is 3.62. The number of aryl methyl sites for hydroxylation is 1. The lowest BCUT2D eigenvalue weighted by Crippen LogP contribution is -2.49. The molecule has 1 N–H and O–H groups in total. The average molecular weight is 631 g/mol. The zero-order valence-corrected chi connectivity index (χ0v) is 25.2. The van der Waals surface area contributed by atoms with Gasteiger partial charge in [-0.3, -0.25) is 24.1 Å². The van der Waals surface area contributed by atoms with E-state index < -0.39 is 70.1 Å². The van der Waals surface area contributed by atoms with E-state index in [1.165, 1.54) is 29.2 Å². The Kier molecular flexibility index (Phi) is 6.74. The monoisotopic (exact) mass is 630 g/mol. The van der Waals surface area contributed by atoms with Crippen LogP contribution in [0.5, 0.6) is 5.75 Å². The van der Waals surface area contributed by atoms with E-state index in [1.54, 1.807) is 19.1 Å². The summed E-state index contributed by atoms with van der Waals surface area (Å²) in [5.74, 6) is -8.29. The second-order valence-electron chi connectivity index (χ2n) is 12.5. The van der Waals surface area contributed by atoms with Crippen molar-refractivity contribution in [3.8, 4) is 5.75 Å². The zero-order valence-electron chi connectivity index (χ0n) is 24.5. The number of carbonyl (C=O) groups excluding carboxylic acids is 4. The molecule has 45 heavy (non-hydrogen) atoms. The first-order chi connectivity index (χ1) is 21.5. The second-order valence-corrected chi connectivity index (χ2v) is 12.9. The Morgan fingerprint density at radius 1 is 0.889 bits per heavy atom. The van der Waals surface area contributed by atoms with Crippen LogP contribution in [0.1, 0.15) is 43.7 Å². The third-order valence-electron chi connectivity index (χ3n) is 10.4. The first-order valence-electron chi connectivity index (χ1n) is 15.0. The predicted molar refractivity (Wildman–Crippen MR) is 162 cm³/mol. The molecule has 230 valence electrons. The molecule has 0 spiro atoms. The summed E-state index contributed by atoms with van der Waals surface area (Å²) in [6, 6.07) is 14.8. The fourth-order valence-electron chi connectivity index (χ4n) is 8.13. The lowest BCUT2D eigenvalue weighted by molar-refractivity contribution is -0.131. The number of amides is 4. The molecule has 7 nitrogen and oxygen atoms in total. The maximum atomic E-state index is 14.9. The highest BCUT2D eigenvalue weighted by Gasteiger charge is 2.68. The Bertz CT molecular complexity index is 1840. The van der Waals surface area contributed by atoms with Gasteiger partial charge in [0.1, 0.15) is 5.82 Å². The number of fused-ring (bicyclic) bond motifs is 4. The van der Waals surface area contributed by atoms with Gasteiger partial charge in [0.2, 0.25) is 23.6 Å². The molecule has 1 saturated carbocycles. The number of rotatable bonds is 4. The minimum Gasteiger partial charge on any atom is -0.505 e. The first-order valence-corrected chi connectivity index (χ1v) is 15.3. The van der Waals surface area contributed by atoms with Crippen molar-refractivity contribution in [1.29, 1.82) is 0 Å². The molecule has 0 radical (unpaired) electrons. The summed E-state index contributed by atoms with van der Waals surface area (Å²) in [5.41, 5.74) is 0.823. The molecule has 2 saturated heterocycles. The molecule has 2 heterocycles. The van der Waals surface area contributed by atoms with Gasteiger partial charge in [0.25, 0.3) is 0 Å². The third kappa shape index (κ3) is 4.06. The second kappa shape index (κ2) is 10.3. The summed E-state index contributed by atoms with van der Waals surface area (Å²) in [7, 11) is 0. The number of halogens is 3. The van der Waals surface area contributed by atoms with Crippen LogP contribution in [0.15, 0.2) is 72.3 Å². The third-order valence-corrected chi connectivity index (χ3v) is 10.7. The highest BCUT2D eigenvalue weighted by Crippen LogP contribution is 2.64. The van der Waals surface area contributed by atoms with Crippen LogP contribution in [0.25, 0.3) is 0 Å². The van der Waals surface area contributed by atoms with E-state index in [0.29, 0.717) is 11.3 Å². The van der Waals surface area contributed by atoms with Crippen LogP contribution in [0.3, 0.4) is 0 Å². The molecule has 2 aliphatic heterocycles. The molecule has 7 rings (SSSR count). The molecular formula is C35H29ClF2N2O5. The number of allylic oxidation sites excluding steroid dienone is 2. The molecule has 6 unspecified atom stereocenters. The van der Waals surface area contributed by atoms with Gasteiger partial charge in [-0.25, -0.2) is 13.7 Å². The van der Waals surface area contributed by atoms with Gasteiger partial charge in [0.15, 0.2) is 11.6 Å². The van der Waals surface area contributed by atoms with Crippen molar-refractivity contribution in [3.05, 3.63) is 100 Å². The summed E-state index contributed by atoms with van der Waals surface area (Å²) in [6.07, 6.45) is 2.91. The van der Waals surface area contributed by atoms with E-state index in [4.69, 9.17) is 11.6 Å². The molecule has 0 bridgehead atoms. The molecule has 3 aromatic rings. The van der Waals surface area contributed by atoms with Gasteiger partial charge in [-0.2, -0.15) is 0 Å². The van der Waals surface area contributed by atoms with Gasteiger partial charge in [0.05, 0.1) is 39.6 Å². The van der Waals surface area contributed by atoms with Gasteiger partial charge in [-0.05, 0) is 74.1 Å². The zero-order chi connectivity index (χ0) is 31.9. The van der Waals surface area contributed by atoms with E-state index in [-0.39, 0.29) is 35.0 Å². The number of imide groups is 2. The smallest absolute Gasteiger partial charge is 0.241 e. The van der Waals surface area contributed by atoms with Gasteiger partial charge in [-0.15, -0.1) is 0 Å². The lowest BCUT2D eigenvalue weighted by Gasteiger charge is -2.49. The van der Waals surface area contributed by atoms with Crippen LogP contribution in [-0.2, 0) is 25.6 Å². The molecule has 3 fully saturated rings. The van der Waals surface area contributed by atoms with Crippen LogP contribution in [0.2, 0.25) is 5.02 Å². The number of anilines is 2. The molecule has 2 aliphatic carbocycles. The summed E-state index contributed by atoms with van der Waals surface area (Å²) < 4.78 is 28.9. The van der Waals surface area contributed by atoms with Crippen molar-refractivity contribution in [3.63, 3.8) is 0 Å². The van der Waals surface area contributed by atoms with Crippen LogP contribution in [-0.4, -0.2) is 28.7 Å². The number of para-hydroxylation sites is 1. The fourth-order valence-corrected chi connectivity index (χ4v) is 8.30. The number of phenolic OH excluding ortho intramolecular Hbond substituents is 1. The normalized spacial score (nSPS) is 29.1. The first kappa shape index (κ1) is 29.3. The molecule has 4 amide bonds. The number of benzene rings is 3. The van der Waals surface area contributed by atoms with Gasteiger partial charge >= 0.3 is 0 Å². The Labute approximate surface area is 263 Å². The van der Waals surface area contributed by atoms with E-state index in [9.17, 15) is 33.1 Å². The van der Waals surface area contributed by atoms with Crippen molar-refractivity contribution in [2.45, 2.75) is 39.0 Å². The van der Waals surface area contributed by atoms with Crippen LogP contribution >= 0.6 is 11.6 Å². The minimum atomic E-state index is -1.50. The fraction of sp³-hybridized carbons (Fsp3) is 0.314. The maximum absolute atomic E-state index is 14.9. The molecule has 6 atom stereocenters. The van der Waals surface area contributed by atoms with Crippen LogP contribution in [0.4, 0.5) is 20.2 Å². The standard InChI is InChI=1S/C35H29ClF2N2O5/c1-3-17-7-9-18(10-8-17)39-31(42)21-13-12-20-23(28(21)33(39)44)16-24-32(43)40(19-11-14-26(37)25(36)15-19)34(45)35(24,2)29(20)22-5-4-6-27(38)30(22)41/h4-12,14-15,21,23-24,28-29,41H,3,13,16H2,1-2H3. The predicted octanol–water partition coefficient (Wildman–Crippen LogP) is 6.32. The minimum absolute atomic E-state index is 0.0771. The number of nitrogens with zero attached hydrogens (tertiary/aromatic N) is 2. The number of hydrogen-bond acceptors (Lipinski definition) is 5. The molecule has 3 aromatic carbocycles. The van der Waals surface area contributed by atoms with Crippen LogP contribution < -0.4 is 9.80 Å². The summed E-state index contributed by atoms with van der Waals surface area (Å²) >= 11 is 6.03. The average Bonchev–Trinajstić information content (AvgIpc) is 3.40. The maximum Gasteiger partial charge on any atom is 0.241 e. The highest BCUT2D eigenvalue weighted by molar-refractivity contribution is 6.32. The van der Waals surface area contributed by atoms with Crippen molar-refractivity contribution in [1.82, 2.24) is 0 Å². The van der Waals surface area contributed by atoms with Crippen molar-refractivity contribution < 1.29 is 33.1 Å². The quantitative estimate of drug-likeness (QED) is 0.269. The van der Waals surface area contributed by atoms with Crippen molar-refractivity contribution in [2.24, 2.45) is 29.1 Å². The van der Waals surface area contributed by atoms with E-state index in [1.807, 2.05) is 25.1 Å². The number of carbonyl (C=O) groups is 4. The summed E-state index contributed by atoms with van der Waals surface area (Å²) in [4.78, 5) is 58.7. The lowest BCUT2D eigenvalue weighted by atomic mass is 9.51. The van der Waals surface area contributed by atoms with Crippen molar-refractivity contribution >= 4 is 46.6 Å². The Balaban J connectivity index is 1.36. The van der Waals surface area contributed by atoms with E-state index in [2.05, 4.69) is 0 Å². The van der Waals surface area contributed by atoms with Gasteiger partial charge in [-0.1, -0.05) is 54.4 Å². The largest absolute Gasteiger partial charge is 0.505 e. The van der Waals surface area contributed by atoms with Crippen LogP contribution in [0, 0.1) is 40.7 Å². The molecule has 4 aliphatic rings. The number of hydrogen-bond donors (Lipinski definition) is 1. The van der Waals surface area contributed by atoms with E-state index >= 15 is 0 Å². The SMILES string of the molecule is CCc1ccc(N2C(=O)C3CC=C4C(CC5C(=O)N(c6ccc(F)c(Cl)c6)C(=O)C5(C)C4c4cccc(F)c4O)C3C2=O)cc1. The van der Waals surface area contributed by atoms with E-state index in [0.717, 1.165) is 29.0 Å². The highest BCUT2D eigenvalue weighted by atomic mass is 35.5. The summed E-state index contributed by atoms with van der Waals surface area (Å²) in [5, 5.41) is 10.7. The Hall–Kier alpha value is -4.37. The van der Waals surface area contributed by atoms with Gasteiger partial charge < -0.3 is 5.11 Å². The van der Waals surface area contributed by atoms with Crippen molar-refractivity contribution in [2.75, 3.05) is 9.80 Å². The topological polar surface area (TPSA) is 95.0 Å². The molecule has 0 aromatic heterocycles.